The number of aliphatic carboxylic acids is 1. The summed E-state index contributed by atoms with van der Waals surface area (Å²) < 4.78 is 2.27. The lowest BCUT2D eigenvalue weighted by atomic mass is 9.95. The molecule has 1 aliphatic rings. The molecular formula is C31H32N2O3. The molecular weight excluding hydrogens is 448 g/mol. The molecule has 0 aliphatic heterocycles. The van der Waals surface area contributed by atoms with Crippen LogP contribution in [0, 0.1) is 13.8 Å². The summed E-state index contributed by atoms with van der Waals surface area (Å²) in [6.45, 7) is 6.97. The standard InChI is InChI=1S/C31H32N2O3/c1-4-27(23-8-6-5-7-9-23)32-29(34)24-12-15-28-26(18-24)20(2)21(3)33(28)19-22-10-13-25(14-11-22)31(16-17-31)30(35)36/h5-15,18,27H,4,16-17,19H2,1-3H3,(H,32,34)(H,35,36). The number of carbonyl (C=O) groups is 2. The molecule has 3 aromatic carbocycles. The Hall–Kier alpha value is -3.86. The maximum atomic E-state index is 13.1. The Morgan fingerprint density at radius 2 is 1.69 bits per heavy atom. The van der Waals surface area contributed by atoms with E-state index in [9.17, 15) is 14.7 Å². The Kier molecular flexibility index (Phi) is 6.17. The number of amides is 1. The van der Waals surface area contributed by atoms with Gasteiger partial charge in [-0.15, -0.1) is 0 Å². The summed E-state index contributed by atoms with van der Waals surface area (Å²) in [5.41, 5.74) is 6.50. The highest BCUT2D eigenvalue weighted by Gasteiger charge is 2.51. The van der Waals surface area contributed by atoms with Crippen molar-refractivity contribution in [1.82, 2.24) is 9.88 Å². The second kappa shape index (κ2) is 9.30. The van der Waals surface area contributed by atoms with Gasteiger partial charge in [0, 0.05) is 28.7 Å². The van der Waals surface area contributed by atoms with Crippen molar-refractivity contribution < 1.29 is 14.7 Å². The molecule has 1 fully saturated rings. The quantitative estimate of drug-likeness (QED) is 0.311. The largest absolute Gasteiger partial charge is 0.481 e. The number of hydrogen-bond donors (Lipinski definition) is 2. The predicted octanol–water partition coefficient (Wildman–Crippen LogP) is 6.30. The summed E-state index contributed by atoms with van der Waals surface area (Å²) in [6.07, 6.45) is 2.24. The van der Waals surface area contributed by atoms with Crippen LogP contribution in [0.2, 0.25) is 0 Å². The first kappa shape index (κ1) is 23.9. The fourth-order valence-electron chi connectivity index (χ4n) is 5.21. The number of nitrogens with zero attached hydrogens (tertiary/aromatic N) is 1. The van der Waals surface area contributed by atoms with Crippen LogP contribution in [0.4, 0.5) is 0 Å². The van der Waals surface area contributed by atoms with E-state index in [4.69, 9.17) is 0 Å². The van der Waals surface area contributed by atoms with Gasteiger partial charge < -0.3 is 15.0 Å². The van der Waals surface area contributed by atoms with E-state index in [1.807, 2.05) is 72.8 Å². The molecule has 5 nitrogen and oxygen atoms in total. The predicted molar refractivity (Wildman–Crippen MR) is 142 cm³/mol. The van der Waals surface area contributed by atoms with Gasteiger partial charge in [-0.3, -0.25) is 9.59 Å². The van der Waals surface area contributed by atoms with E-state index in [0.29, 0.717) is 24.9 Å². The number of carboxylic acid groups (broad SMARTS) is 1. The maximum absolute atomic E-state index is 13.1. The van der Waals surface area contributed by atoms with Crippen LogP contribution in [-0.2, 0) is 16.8 Å². The molecule has 1 aromatic heterocycles. The Bertz CT molecular complexity index is 1430. The van der Waals surface area contributed by atoms with Gasteiger partial charge >= 0.3 is 5.97 Å². The van der Waals surface area contributed by atoms with Gasteiger partial charge in [0.2, 0.25) is 0 Å². The molecule has 184 valence electrons. The summed E-state index contributed by atoms with van der Waals surface area (Å²) >= 11 is 0. The zero-order chi connectivity index (χ0) is 25.4. The number of aryl methyl sites for hydroxylation is 1. The van der Waals surface area contributed by atoms with Crippen molar-refractivity contribution in [2.45, 2.75) is 58.0 Å². The highest BCUT2D eigenvalue weighted by molar-refractivity contribution is 5.99. The lowest BCUT2D eigenvalue weighted by molar-refractivity contribution is -0.140. The fourth-order valence-corrected chi connectivity index (χ4v) is 5.21. The smallest absolute Gasteiger partial charge is 0.314 e. The van der Waals surface area contributed by atoms with Crippen LogP contribution in [0.1, 0.15) is 70.5 Å². The number of benzene rings is 3. The van der Waals surface area contributed by atoms with Gasteiger partial charge in [-0.05, 0) is 73.6 Å². The number of nitrogens with one attached hydrogen (secondary N) is 1. The van der Waals surface area contributed by atoms with Crippen LogP contribution < -0.4 is 5.32 Å². The minimum Gasteiger partial charge on any atom is -0.481 e. The molecule has 0 spiro atoms. The van der Waals surface area contributed by atoms with Crippen molar-refractivity contribution in [3.8, 4) is 0 Å². The molecule has 0 saturated heterocycles. The van der Waals surface area contributed by atoms with Crippen molar-refractivity contribution in [3.63, 3.8) is 0 Å². The molecule has 1 heterocycles. The molecule has 1 unspecified atom stereocenters. The van der Waals surface area contributed by atoms with Crippen molar-refractivity contribution in [3.05, 3.63) is 106 Å². The summed E-state index contributed by atoms with van der Waals surface area (Å²) in [7, 11) is 0. The van der Waals surface area contributed by atoms with Crippen LogP contribution in [0.5, 0.6) is 0 Å². The molecule has 36 heavy (non-hydrogen) atoms. The van der Waals surface area contributed by atoms with Crippen molar-refractivity contribution >= 4 is 22.8 Å². The van der Waals surface area contributed by atoms with Crippen LogP contribution in [0.25, 0.3) is 10.9 Å². The van der Waals surface area contributed by atoms with E-state index in [1.165, 1.54) is 0 Å². The Labute approximate surface area is 211 Å². The number of fused-ring (bicyclic) bond motifs is 1. The first-order chi connectivity index (χ1) is 17.3. The van der Waals surface area contributed by atoms with Crippen LogP contribution in [0.3, 0.4) is 0 Å². The normalized spacial score (nSPS) is 15.0. The zero-order valence-corrected chi connectivity index (χ0v) is 21.0. The molecule has 5 heteroatoms. The summed E-state index contributed by atoms with van der Waals surface area (Å²) in [6, 6.07) is 24.0. The van der Waals surface area contributed by atoms with Gasteiger partial charge in [0.1, 0.15) is 0 Å². The van der Waals surface area contributed by atoms with Crippen molar-refractivity contribution in [2.24, 2.45) is 0 Å². The topological polar surface area (TPSA) is 71.3 Å². The van der Waals surface area contributed by atoms with E-state index >= 15 is 0 Å². The van der Waals surface area contributed by atoms with E-state index < -0.39 is 11.4 Å². The third-order valence-corrected chi connectivity index (χ3v) is 7.82. The van der Waals surface area contributed by atoms with E-state index in [1.54, 1.807) is 0 Å². The molecule has 5 rings (SSSR count). The Balaban J connectivity index is 1.39. The molecule has 1 amide bonds. The number of aromatic nitrogens is 1. The minimum atomic E-state index is -0.730. The molecule has 2 N–H and O–H groups in total. The second-order valence-electron chi connectivity index (χ2n) is 9.96. The molecule has 1 atom stereocenters. The van der Waals surface area contributed by atoms with Crippen LogP contribution in [-0.4, -0.2) is 21.6 Å². The molecule has 0 bridgehead atoms. The number of carbonyl (C=O) groups excluding carboxylic acids is 1. The third kappa shape index (κ3) is 4.19. The summed E-state index contributed by atoms with van der Waals surface area (Å²) in [4.78, 5) is 24.8. The first-order valence-corrected chi connectivity index (χ1v) is 12.6. The highest BCUT2D eigenvalue weighted by Crippen LogP contribution is 2.48. The Morgan fingerprint density at radius 1 is 1.00 bits per heavy atom. The lowest BCUT2D eigenvalue weighted by Crippen LogP contribution is -2.28. The van der Waals surface area contributed by atoms with E-state index in [0.717, 1.165) is 45.3 Å². The van der Waals surface area contributed by atoms with Crippen molar-refractivity contribution in [2.75, 3.05) is 0 Å². The van der Waals surface area contributed by atoms with E-state index in [2.05, 4.69) is 30.7 Å². The van der Waals surface area contributed by atoms with Gasteiger partial charge in [-0.25, -0.2) is 0 Å². The molecule has 0 radical (unpaired) electrons. The average molecular weight is 481 g/mol. The van der Waals surface area contributed by atoms with Crippen molar-refractivity contribution in [1.29, 1.82) is 0 Å². The van der Waals surface area contributed by atoms with Gasteiger partial charge in [0.05, 0.1) is 11.5 Å². The van der Waals surface area contributed by atoms with Gasteiger partial charge in [-0.1, -0.05) is 61.5 Å². The first-order valence-electron chi connectivity index (χ1n) is 12.6. The number of rotatable bonds is 8. The summed E-state index contributed by atoms with van der Waals surface area (Å²) in [5, 5.41) is 13.8. The van der Waals surface area contributed by atoms with Crippen LogP contribution >= 0.6 is 0 Å². The molecule has 4 aromatic rings. The van der Waals surface area contributed by atoms with Gasteiger partial charge in [-0.2, -0.15) is 0 Å². The number of carboxylic acids is 1. The van der Waals surface area contributed by atoms with E-state index in [-0.39, 0.29) is 11.9 Å². The molecule has 1 aliphatic carbocycles. The van der Waals surface area contributed by atoms with Gasteiger partial charge in [0.15, 0.2) is 0 Å². The van der Waals surface area contributed by atoms with Gasteiger partial charge in [0.25, 0.3) is 5.91 Å². The lowest BCUT2D eigenvalue weighted by Gasteiger charge is -2.17. The minimum absolute atomic E-state index is 0.0271. The number of hydrogen-bond acceptors (Lipinski definition) is 2. The second-order valence-corrected chi connectivity index (χ2v) is 9.96. The third-order valence-electron chi connectivity index (χ3n) is 7.82. The molecule has 1 saturated carbocycles. The maximum Gasteiger partial charge on any atom is 0.314 e. The monoisotopic (exact) mass is 480 g/mol. The average Bonchev–Trinajstić information content (AvgIpc) is 3.69. The highest BCUT2D eigenvalue weighted by atomic mass is 16.4. The summed E-state index contributed by atoms with van der Waals surface area (Å²) in [5.74, 6) is -0.799. The fraction of sp³-hybridized carbons (Fsp3) is 0.290. The Morgan fingerprint density at radius 3 is 2.31 bits per heavy atom. The van der Waals surface area contributed by atoms with Crippen LogP contribution in [0.15, 0.2) is 72.8 Å². The zero-order valence-electron chi connectivity index (χ0n) is 21.0. The SMILES string of the molecule is CCC(NC(=O)c1ccc2c(c1)c(C)c(C)n2Cc1ccc(C2(C(=O)O)CC2)cc1)c1ccccc1.